The largest absolute Gasteiger partial charge is 0.335 e. The van der Waals surface area contributed by atoms with E-state index in [0.29, 0.717) is 26.5 Å². The van der Waals surface area contributed by atoms with Crippen LogP contribution in [0.25, 0.3) is 10.2 Å². The first-order valence-corrected chi connectivity index (χ1v) is 7.24. The summed E-state index contributed by atoms with van der Waals surface area (Å²) < 4.78 is 0. The Morgan fingerprint density at radius 3 is 2.67 bits per heavy atom. The van der Waals surface area contributed by atoms with E-state index in [0.717, 1.165) is 5.69 Å². The first-order valence-electron chi connectivity index (χ1n) is 6.42. The zero-order valence-corrected chi connectivity index (χ0v) is 12.4. The summed E-state index contributed by atoms with van der Waals surface area (Å²) in [7, 11) is 0. The van der Waals surface area contributed by atoms with Gasteiger partial charge in [0.05, 0.1) is 10.3 Å². The number of fused-ring (bicyclic) bond motifs is 1. The van der Waals surface area contributed by atoms with Crippen LogP contribution in [-0.2, 0) is 0 Å². The lowest BCUT2D eigenvalue weighted by Crippen LogP contribution is -2.12. The fraction of sp³-hybridized carbons (Fsp3) is 0.133. The number of aromatic nitrogens is 2. The molecular weight excluding hydrogens is 286 g/mol. The smallest absolute Gasteiger partial charge is 0.281 e. The number of aryl methyl sites for hydroxylation is 2. The third-order valence-electron chi connectivity index (χ3n) is 3.16. The maximum Gasteiger partial charge on any atom is 0.281 e. The van der Waals surface area contributed by atoms with Crippen molar-refractivity contribution in [3.63, 3.8) is 0 Å². The van der Waals surface area contributed by atoms with Crippen molar-refractivity contribution in [2.75, 3.05) is 5.32 Å². The van der Waals surface area contributed by atoms with Gasteiger partial charge in [-0.2, -0.15) is 4.98 Å². The number of amides is 1. The van der Waals surface area contributed by atoms with Crippen LogP contribution in [0.5, 0.6) is 0 Å². The Hall–Kier alpha value is -2.47. The van der Waals surface area contributed by atoms with Gasteiger partial charge in [0, 0.05) is 5.69 Å². The van der Waals surface area contributed by atoms with Gasteiger partial charge in [-0.3, -0.25) is 9.59 Å². The van der Waals surface area contributed by atoms with E-state index in [1.54, 1.807) is 13.8 Å². The van der Waals surface area contributed by atoms with Crippen LogP contribution in [0, 0.1) is 13.8 Å². The lowest BCUT2D eigenvalue weighted by molar-refractivity contribution is 0.103. The molecule has 1 aromatic carbocycles. The molecule has 0 unspecified atom stereocenters. The lowest BCUT2D eigenvalue weighted by Gasteiger charge is -2.03. The Bertz CT molecular complexity index is 881. The number of nitrogens with zero attached hydrogens (tertiary/aromatic N) is 1. The molecule has 0 atom stereocenters. The van der Waals surface area contributed by atoms with Crippen LogP contribution in [0.1, 0.15) is 21.1 Å². The van der Waals surface area contributed by atoms with Crippen molar-refractivity contribution in [1.82, 2.24) is 9.97 Å². The molecule has 3 rings (SSSR count). The van der Waals surface area contributed by atoms with Gasteiger partial charge in [-0.15, -0.1) is 11.3 Å². The van der Waals surface area contributed by atoms with E-state index in [-0.39, 0.29) is 11.5 Å². The molecule has 0 fully saturated rings. The second-order valence-electron chi connectivity index (χ2n) is 4.71. The van der Waals surface area contributed by atoms with Crippen molar-refractivity contribution in [3.05, 3.63) is 57.0 Å². The summed E-state index contributed by atoms with van der Waals surface area (Å²) in [6, 6.07) is 9.22. The van der Waals surface area contributed by atoms with E-state index in [1.165, 1.54) is 11.3 Å². The van der Waals surface area contributed by atoms with Crippen molar-refractivity contribution in [2.24, 2.45) is 0 Å². The van der Waals surface area contributed by atoms with Crippen LogP contribution >= 0.6 is 11.3 Å². The first-order chi connectivity index (χ1) is 10.1. The van der Waals surface area contributed by atoms with Crippen LogP contribution in [0.2, 0.25) is 0 Å². The Kier molecular flexibility index (Phi) is 3.31. The molecule has 2 heterocycles. The summed E-state index contributed by atoms with van der Waals surface area (Å²) in [5.41, 5.74) is 1.09. The average Bonchev–Trinajstić information content (AvgIpc) is 2.77. The molecule has 106 valence electrons. The minimum absolute atomic E-state index is 0.217. The molecule has 0 radical (unpaired) electrons. The Labute approximate surface area is 124 Å². The predicted molar refractivity (Wildman–Crippen MR) is 84.1 cm³/mol. The van der Waals surface area contributed by atoms with Crippen LogP contribution in [0.15, 0.2) is 35.1 Å². The van der Waals surface area contributed by atoms with E-state index in [9.17, 15) is 9.59 Å². The number of aromatic amines is 1. The highest BCUT2D eigenvalue weighted by molar-refractivity contribution is 7.20. The highest BCUT2D eigenvalue weighted by atomic mass is 32.1. The number of carbonyl (C=O) groups is 1. The minimum atomic E-state index is -0.297. The highest BCUT2D eigenvalue weighted by Crippen LogP contribution is 2.27. The van der Waals surface area contributed by atoms with Gasteiger partial charge in [0.25, 0.3) is 11.5 Å². The number of benzene rings is 1. The number of para-hydroxylation sites is 1. The molecule has 5 nitrogen and oxygen atoms in total. The number of thiophene rings is 1. The standard InChI is InChI=1S/C15H13N3O2S/c1-8-11-13(19)16-9(2)17-15(11)21-12(8)14(20)18-10-6-4-3-5-7-10/h3-7H,1-2H3,(H,18,20)(H,16,17,19). The summed E-state index contributed by atoms with van der Waals surface area (Å²) in [6.45, 7) is 3.49. The average molecular weight is 299 g/mol. The molecule has 21 heavy (non-hydrogen) atoms. The van der Waals surface area contributed by atoms with Crippen molar-refractivity contribution >= 4 is 33.1 Å². The molecule has 0 saturated heterocycles. The summed E-state index contributed by atoms with van der Waals surface area (Å²) in [5, 5.41) is 3.32. The van der Waals surface area contributed by atoms with Crippen LogP contribution < -0.4 is 10.9 Å². The van der Waals surface area contributed by atoms with E-state index >= 15 is 0 Å². The molecule has 0 saturated carbocycles. The molecule has 2 aromatic heterocycles. The number of hydrogen-bond acceptors (Lipinski definition) is 4. The zero-order chi connectivity index (χ0) is 15.0. The lowest BCUT2D eigenvalue weighted by atomic mass is 10.2. The fourth-order valence-electron chi connectivity index (χ4n) is 2.19. The molecule has 0 aliphatic heterocycles. The summed E-state index contributed by atoms with van der Waals surface area (Å²) in [6.07, 6.45) is 0. The monoisotopic (exact) mass is 299 g/mol. The first kappa shape index (κ1) is 13.5. The SMILES string of the molecule is Cc1nc(=O)c2c(C)c(C(=O)Nc3ccccc3)sc2[nH]1. The van der Waals surface area contributed by atoms with Gasteiger partial charge in [0.2, 0.25) is 0 Å². The highest BCUT2D eigenvalue weighted by Gasteiger charge is 2.18. The van der Waals surface area contributed by atoms with Gasteiger partial charge in [-0.05, 0) is 31.5 Å². The fourth-order valence-corrected chi connectivity index (χ4v) is 3.33. The molecule has 0 aliphatic carbocycles. The second-order valence-corrected chi connectivity index (χ2v) is 5.73. The third kappa shape index (κ3) is 2.45. The Balaban J connectivity index is 2.05. The number of rotatable bonds is 2. The van der Waals surface area contributed by atoms with Gasteiger partial charge < -0.3 is 10.3 Å². The number of H-pyrrole nitrogens is 1. The van der Waals surface area contributed by atoms with Crippen molar-refractivity contribution < 1.29 is 4.79 Å². The topological polar surface area (TPSA) is 74.8 Å². The van der Waals surface area contributed by atoms with E-state index in [4.69, 9.17) is 0 Å². The Morgan fingerprint density at radius 2 is 1.95 bits per heavy atom. The van der Waals surface area contributed by atoms with Crippen molar-refractivity contribution in [1.29, 1.82) is 0 Å². The number of hydrogen-bond donors (Lipinski definition) is 2. The third-order valence-corrected chi connectivity index (χ3v) is 4.37. The van der Waals surface area contributed by atoms with Gasteiger partial charge in [0.15, 0.2) is 0 Å². The van der Waals surface area contributed by atoms with Crippen LogP contribution in [-0.4, -0.2) is 15.9 Å². The number of carbonyl (C=O) groups excluding carboxylic acids is 1. The predicted octanol–water partition coefficient (Wildman–Crippen LogP) is 2.85. The Morgan fingerprint density at radius 1 is 1.24 bits per heavy atom. The van der Waals surface area contributed by atoms with Crippen molar-refractivity contribution in [2.45, 2.75) is 13.8 Å². The van der Waals surface area contributed by atoms with Gasteiger partial charge >= 0.3 is 0 Å². The molecule has 0 spiro atoms. The van der Waals surface area contributed by atoms with E-state index < -0.39 is 0 Å². The van der Waals surface area contributed by atoms with Gasteiger partial charge in [0.1, 0.15) is 10.7 Å². The van der Waals surface area contributed by atoms with Crippen molar-refractivity contribution in [3.8, 4) is 0 Å². The van der Waals surface area contributed by atoms with E-state index in [2.05, 4.69) is 15.3 Å². The van der Waals surface area contributed by atoms with Gasteiger partial charge in [-0.25, -0.2) is 0 Å². The number of nitrogens with one attached hydrogen (secondary N) is 2. The molecule has 1 amide bonds. The summed E-state index contributed by atoms with van der Waals surface area (Å²) >= 11 is 1.27. The molecule has 0 aliphatic rings. The normalized spacial score (nSPS) is 10.8. The molecule has 0 bridgehead atoms. The summed E-state index contributed by atoms with van der Waals surface area (Å²) in [5.74, 6) is 0.328. The molecule has 2 N–H and O–H groups in total. The second kappa shape index (κ2) is 5.14. The van der Waals surface area contributed by atoms with Crippen LogP contribution in [0.3, 0.4) is 0 Å². The van der Waals surface area contributed by atoms with Crippen LogP contribution in [0.4, 0.5) is 5.69 Å². The van der Waals surface area contributed by atoms with Gasteiger partial charge in [-0.1, -0.05) is 18.2 Å². The number of anilines is 1. The zero-order valence-electron chi connectivity index (χ0n) is 11.6. The quantitative estimate of drug-likeness (QED) is 0.764. The maximum absolute atomic E-state index is 12.4. The van der Waals surface area contributed by atoms with E-state index in [1.807, 2.05) is 30.3 Å². The summed E-state index contributed by atoms with van der Waals surface area (Å²) in [4.78, 5) is 32.4. The molecule has 6 heteroatoms. The minimum Gasteiger partial charge on any atom is -0.335 e. The molecular formula is C15H13N3O2S. The maximum atomic E-state index is 12.4. The molecule has 3 aromatic rings.